The van der Waals surface area contributed by atoms with Gasteiger partial charge in [0.25, 0.3) is 0 Å². The van der Waals surface area contributed by atoms with E-state index in [1.165, 1.54) is 6.07 Å². The van der Waals surface area contributed by atoms with E-state index in [9.17, 15) is 9.18 Å². The normalized spacial score (nSPS) is 16.6. The molecule has 1 amide bonds. The van der Waals surface area contributed by atoms with E-state index in [4.69, 9.17) is 5.73 Å². The maximum absolute atomic E-state index is 13.4. The lowest BCUT2D eigenvalue weighted by atomic mass is 10.0. The Morgan fingerprint density at radius 3 is 2.80 bits per heavy atom. The minimum atomic E-state index is -0.336. The Bertz CT molecular complexity index is 472. The maximum atomic E-state index is 13.4. The largest absolute Gasteiger partial charge is 0.369 e. The van der Waals surface area contributed by atoms with Crippen molar-refractivity contribution >= 4 is 5.91 Å². The summed E-state index contributed by atoms with van der Waals surface area (Å²) in [6.07, 6.45) is 1.98. The Kier molecular flexibility index (Phi) is 5.09. The molecule has 1 saturated heterocycles. The van der Waals surface area contributed by atoms with Crippen molar-refractivity contribution in [1.82, 2.24) is 10.2 Å². The quantitative estimate of drug-likeness (QED) is 0.851. The van der Waals surface area contributed by atoms with Crippen LogP contribution in [0.2, 0.25) is 0 Å². The Morgan fingerprint density at radius 1 is 1.45 bits per heavy atom. The van der Waals surface area contributed by atoms with E-state index in [2.05, 4.69) is 10.2 Å². The average molecular weight is 279 g/mol. The molecule has 0 spiro atoms. The van der Waals surface area contributed by atoms with Crippen LogP contribution in [0, 0.1) is 12.7 Å². The lowest BCUT2D eigenvalue weighted by Crippen LogP contribution is -2.46. The summed E-state index contributed by atoms with van der Waals surface area (Å²) in [5.41, 5.74) is 7.31. The van der Waals surface area contributed by atoms with E-state index >= 15 is 0 Å². The van der Waals surface area contributed by atoms with E-state index in [0.717, 1.165) is 37.1 Å². The van der Waals surface area contributed by atoms with E-state index in [1.54, 1.807) is 12.1 Å². The zero-order valence-electron chi connectivity index (χ0n) is 11.9. The first-order valence-corrected chi connectivity index (χ1v) is 7.04. The number of benzene rings is 1. The van der Waals surface area contributed by atoms with Crippen molar-refractivity contribution in [1.29, 1.82) is 0 Å². The van der Waals surface area contributed by atoms with Gasteiger partial charge >= 0.3 is 0 Å². The van der Waals surface area contributed by atoms with Crippen LogP contribution in [0.4, 0.5) is 4.39 Å². The van der Waals surface area contributed by atoms with E-state index in [1.807, 2.05) is 6.92 Å². The number of rotatable bonds is 5. The third kappa shape index (κ3) is 4.02. The monoisotopic (exact) mass is 279 g/mol. The number of nitrogens with two attached hydrogens (primary N) is 1. The van der Waals surface area contributed by atoms with Gasteiger partial charge in [0.15, 0.2) is 0 Å². The van der Waals surface area contributed by atoms with Crippen molar-refractivity contribution in [3.8, 4) is 0 Å². The Morgan fingerprint density at radius 2 is 2.15 bits per heavy atom. The molecular formula is C15H22FN3O. The number of amides is 1. The Hall–Kier alpha value is -1.46. The highest BCUT2D eigenvalue weighted by Crippen LogP contribution is 2.18. The summed E-state index contributed by atoms with van der Waals surface area (Å²) in [5, 5.41) is 3.30. The van der Waals surface area contributed by atoms with Gasteiger partial charge in [-0.1, -0.05) is 6.07 Å². The number of piperidine rings is 1. The van der Waals surface area contributed by atoms with Gasteiger partial charge in [-0.15, -0.1) is 0 Å². The van der Waals surface area contributed by atoms with Crippen molar-refractivity contribution in [3.63, 3.8) is 0 Å². The van der Waals surface area contributed by atoms with Crippen LogP contribution in [0.15, 0.2) is 18.2 Å². The predicted molar refractivity (Wildman–Crippen MR) is 76.6 cm³/mol. The van der Waals surface area contributed by atoms with Gasteiger partial charge < -0.3 is 11.1 Å². The van der Waals surface area contributed by atoms with E-state index in [-0.39, 0.29) is 18.3 Å². The van der Waals surface area contributed by atoms with Gasteiger partial charge in [0.2, 0.25) is 5.91 Å². The second-order valence-corrected chi connectivity index (χ2v) is 5.42. The fraction of sp³-hybridized carbons (Fsp3) is 0.533. The average Bonchev–Trinajstić information content (AvgIpc) is 2.42. The fourth-order valence-corrected chi connectivity index (χ4v) is 2.72. The number of primary amides is 1. The zero-order valence-corrected chi connectivity index (χ0v) is 11.9. The topological polar surface area (TPSA) is 58.4 Å². The smallest absolute Gasteiger partial charge is 0.231 e. The molecule has 1 aliphatic rings. The number of hydrogen-bond donors (Lipinski definition) is 2. The summed E-state index contributed by atoms with van der Waals surface area (Å²) in [6.45, 7) is 4.64. The third-order valence-corrected chi connectivity index (χ3v) is 3.87. The van der Waals surface area contributed by atoms with Gasteiger partial charge in [-0.05, 0) is 56.1 Å². The minimum Gasteiger partial charge on any atom is -0.369 e. The first-order valence-electron chi connectivity index (χ1n) is 7.04. The Balaban J connectivity index is 2.13. The summed E-state index contributed by atoms with van der Waals surface area (Å²) < 4.78 is 13.4. The molecule has 0 radical (unpaired) electrons. The minimum absolute atomic E-state index is 0.223. The molecule has 5 heteroatoms. The number of nitrogens with one attached hydrogen (secondary N) is 1. The molecule has 1 fully saturated rings. The molecule has 1 aromatic carbocycles. The van der Waals surface area contributed by atoms with Crippen LogP contribution >= 0.6 is 0 Å². The van der Waals surface area contributed by atoms with Crippen LogP contribution in [0.5, 0.6) is 0 Å². The highest BCUT2D eigenvalue weighted by atomic mass is 19.1. The third-order valence-electron chi connectivity index (χ3n) is 3.87. The van der Waals surface area contributed by atoms with Crippen LogP contribution in [0.1, 0.15) is 24.0 Å². The van der Waals surface area contributed by atoms with Crippen LogP contribution < -0.4 is 11.1 Å². The fourth-order valence-electron chi connectivity index (χ4n) is 2.72. The van der Waals surface area contributed by atoms with Crippen molar-refractivity contribution in [2.24, 2.45) is 5.73 Å². The highest BCUT2D eigenvalue weighted by molar-refractivity contribution is 5.76. The zero-order chi connectivity index (χ0) is 14.5. The summed E-state index contributed by atoms with van der Waals surface area (Å²) in [7, 11) is 0. The van der Waals surface area contributed by atoms with Gasteiger partial charge in [-0.2, -0.15) is 0 Å². The number of hydrogen-bond acceptors (Lipinski definition) is 3. The molecule has 0 aliphatic carbocycles. The van der Waals surface area contributed by atoms with Crippen LogP contribution in [0.3, 0.4) is 0 Å². The number of aryl methyl sites for hydroxylation is 1. The molecule has 0 bridgehead atoms. The molecule has 4 nitrogen and oxygen atoms in total. The molecule has 110 valence electrons. The van der Waals surface area contributed by atoms with Gasteiger partial charge in [-0.3, -0.25) is 9.69 Å². The molecule has 0 unspecified atom stereocenters. The molecule has 1 aromatic rings. The molecule has 2 rings (SSSR count). The summed E-state index contributed by atoms with van der Waals surface area (Å²) in [4.78, 5) is 13.4. The van der Waals surface area contributed by atoms with Crippen LogP contribution in [-0.4, -0.2) is 36.5 Å². The lowest BCUT2D eigenvalue weighted by molar-refractivity contribution is -0.120. The molecule has 0 atom stereocenters. The second-order valence-electron chi connectivity index (χ2n) is 5.42. The maximum Gasteiger partial charge on any atom is 0.231 e. The molecule has 3 N–H and O–H groups in total. The Labute approximate surface area is 119 Å². The molecule has 1 aliphatic heterocycles. The van der Waals surface area contributed by atoms with Gasteiger partial charge in [0.05, 0.1) is 6.54 Å². The van der Waals surface area contributed by atoms with Crippen molar-refractivity contribution in [2.75, 3.05) is 19.6 Å². The summed E-state index contributed by atoms with van der Waals surface area (Å²) >= 11 is 0. The summed E-state index contributed by atoms with van der Waals surface area (Å²) in [6, 6.07) is 5.10. The summed E-state index contributed by atoms with van der Waals surface area (Å²) in [5.74, 6) is -0.576. The predicted octanol–water partition coefficient (Wildman–Crippen LogP) is 1.17. The van der Waals surface area contributed by atoms with Gasteiger partial charge in [-0.25, -0.2) is 4.39 Å². The van der Waals surface area contributed by atoms with Gasteiger partial charge in [0.1, 0.15) is 5.82 Å². The van der Waals surface area contributed by atoms with E-state index < -0.39 is 0 Å². The SMILES string of the molecule is Cc1ccc(F)cc1CN(CC(N)=O)C1CCNCC1. The molecule has 0 saturated carbocycles. The van der Waals surface area contributed by atoms with Crippen molar-refractivity contribution in [2.45, 2.75) is 32.4 Å². The highest BCUT2D eigenvalue weighted by Gasteiger charge is 2.22. The van der Waals surface area contributed by atoms with Gasteiger partial charge in [0, 0.05) is 12.6 Å². The number of carbonyl (C=O) groups is 1. The van der Waals surface area contributed by atoms with Crippen molar-refractivity contribution in [3.05, 3.63) is 35.1 Å². The van der Waals surface area contributed by atoms with Crippen molar-refractivity contribution < 1.29 is 9.18 Å². The first kappa shape index (κ1) is 14.9. The van der Waals surface area contributed by atoms with Crippen LogP contribution in [-0.2, 0) is 11.3 Å². The molecule has 20 heavy (non-hydrogen) atoms. The first-order chi connectivity index (χ1) is 9.56. The number of carbonyl (C=O) groups excluding carboxylic acids is 1. The number of nitrogens with zero attached hydrogens (tertiary/aromatic N) is 1. The lowest BCUT2D eigenvalue weighted by Gasteiger charge is -2.34. The standard InChI is InChI=1S/C15H22FN3O/c1-11-2-3-13(16)8-12(11)9-19(10-15(17)20)14-4-6-18-7-5-14/h2-3,8,14,18H,4-7,9-10H2,1H3,(H2,17,20). The van der Waals surface area contributed by atoms with E-state index in [0.29, 0.717) is 12.6 Å². The molecule has 1 heterocycles. The second kappa shape index (κ2) is 6.81. The molecular weight excluding hydrogens is 257 g/mol. The molecule has 0 aromatic heterocycles. The number of halogens is 1. The van der Waals surface area contributed by atoms with Crippen LogP contribution in [0.25, 0.3) is 0 Å².